The van der Waals surface area contributed by atoms with Crippen molar-refractivity contribution < 1.29 is 9.50 Å². The molecule has 0 saturated carbocycles. The Balaban J connectivity index is 1.95. The summed E-state index contributed by atoms with van der Waals surface area (Å²) in [5.74, 6) is 0.257. The van der Waals surface area contributed by atoms with Gasteiger partial charge < -0.3 is 15.7 Å². The first-order valence-electron chi connectivity index (χ1n) is 7.54. The highest BCUT2D eigenvalue weighted by atomic mass is 19.1. The molecule has 6 heteroatoms. The highest BCUT2D eigenvalue weighted by Gasteiger charge is 2.08. The van der Waals surface area contributed by atoms with Gasteiger partial charge in [-0.3, -0.25) is 4.98 Å². The summed E-state index contributed by atoms with van der Waals surface area (Å²) in [5, 5.41) is 16.3. The van der Waals surface area contributed by atoms with Crippen molar-refractivity contribution in [2.24, 2.45) is 4.99 Å². The monoisotopic (exact) mass is 316 g/mol. The lowest BCUT2D eigenvalue weighted by molar-refractivity contribution is 0.180. The summed E-state index contributed by atoms with van der Waals surface area (Å²) in [5.41, 5.74) is 1.30. The third-order valence-electron chi connectivity index (χ3n) is 3.26. The lowest BCUT2D eigenvalue weighted by Crippen LogP contribution is -2.39. The fourth-order valence-corrected chi connectivity index (χ4v) is 2.03. The predicted octanol–water partition coefficient (Wildman–Crippen LogP) is 2.01. The van der Waals surface area contributed by atoms with E-state index in [4.69, 9.17) is 0 Å². The molecule has 0 aliphatic rings. The fourth-order valence-electron chi connectivity index (χ4n) is 2.03. The molecule has 5 nitrogen and oxygen atoms in total. The number of hydrogen-bond donors (Lipinski definition) is 3. The Morgan fingerprint density at radius 1 is 1.22 bits per heavy atom. The molecule has 23 heavy (non-hydrogen) atoms. The van der Waals surface area contributed by atoms with Crippen molar-refractivity contribution in [3.8, 4) is 0 Å². The van der Waals surface area contributed by atoms with Gasteiger partial charge in [0, 0.05) is 31.0 Å². The number of benzene rings is 1. The van der Waals surface area contributed by atoms with Crippen molar-refractivity contribution in [2.75, 3.05) is 13.1 Å². The van der Waals surface area contributed by atoms with E-state index in [2.05, 4.69) is 20.6 Å². The van der Waals surface area contributed by atoms with Crippen molar-refractivity contribution in [3.05, 3.63) is 65.7 Å². The number of aromatic nitrogens is 1. The first kappa shape index (κ1) is 16.9. The summed E-state index contributed by atoms with van der Waals surface area (Å²) in [4.78, 5) is 8.26. The normalized spacial score (nSPS) is 12.7. The number of hydrogen-bond acceptors (Lipinski definition) is 3. The Morgan fingerprint density at radius 3 is 2.65 bits per heavy atom. The Hall–Kier alpha value is -2.47. The van der Waals surface area contributed by atoms with Gasteiger partial charge in [-0.25, -0.2) is 9.38 Å². The number of guanidine groups is 1. The number of aliphatic hydroxyl groups excluding tert-OH is 1. The summed E-state index contributed by atoms with van der Waals surface area (Å²) in [6, 6.07) is 10.1. The molecule has 0 fully saturated rings. The number of aliphatic hydroxyl groups is 1. The Morgan fingerprint density at radius 2 is 1.96 bits per heavy atom. The molecule has 0 aliphatic heterocycles. The third kappa shape index (κ3) is 5.34. The summed E-state index contributed by atoms with van der Waals surface area (Å²) >= 11 is 0. The Labute approximate surface area is 135 Å². The minimum Gasteiger partial charge on any atom is -0.387 e. The van der Waals surface area contributed by atoms with E-state index in [9.17, 15) is 9.50 Å². The second-order valence-electron chi connectivity index (χ2n) is 4.96. The van der Waals surface area contributed by atoms with Crippen LogP contribution in [0.2, 0.25) is 0 Å². The van der Waals surface area contributed by atoms with Crippen molar-refractivity contribution in [3.63, 3.8) is 0 Å². The molecule has 0 amide bonds. The molecule has 1 unspecified atom stereocenters. The quantitative estimate of drug-likeness (QED) is 0.563. The van der Waals surface area contributed by atoms with Crippen LogP contribution in [0.15, 0.2) is 53.8 Å². The second kappa shape index (κ2) is 8.85. The van der Waals surface area contributed by atoms with Crippen LogP contribution < -0.4 is 10.6 Å². The number of pyridine rings is 1. The fraction of sp³-hybridized carbons (Fsp3) is 0.294. The number of nitrogens with zero attached hydrogens (tertiary/aromatic N) is 2. The first-order chi connectivity index (χ1) is 11.2. The smallest absolute Gasteiger partial charge is 0.191 e. The maximum absolute atomic E-state index is 13.6. The molecule has 0 radical (unpaired) electrons. The van der Waals surface area contributed by atoms with Gasteiger partial charge in [0.25, 0.3) is 0 Å². The van der Waals surface area contributed by atoms with Crippen molar-refractivity contribution in [2.45, 2.75) is 19.6 Å². The average molecular weight is 316 g/mol. The maximum Gasteiger partial charge on any atom is 0.191 e. The molecule has 1 atom stereocenters. The van der Waals surface area contributed by atoms with E-state index in [0.29, 0.717) is 24.6 Å². The number of rotatable bonds is 6. The molecule has 2 rings (SSSR count). The van der Waals surface area contributed by atoms with Gasteiger partial charge in [0.15, 0.2) is 5.96 Å². The van der Waals surface area contributed by atoms with Gasteiger partial charge >= 0.3 is 0 Å². The van der Waals surface area contributed by atoms with Crippen LogP contribution in [-0.4, -0.2) is 29.1 Å². The molecule has 1 aromatic carbocycles. The summed E-state index contributed by atoms with van der Waals surface area (Å²) < 4.78 is 13.6. The third-order valence-corrected chi connectivity index (χ3v) is 3.26. The Kier molecular flexibility index (Phi) is 6.50. The molecular formula is C17H21FN4O. The van der Waals surface area contributed by atoms with E-state index in [0.717, 1.165) is 5.56 Å². The lowest BCUT2D eigenvalue weighted by atomic mass is 10.1. The molecule has 2 aromatic rings. The largest absolute Gasteiger partial charge is 0.387 e. The highest BCUT2D eigenvalue weighted by Crippen LogP contribution is 2.10. The zero-order valence-electron chi connectivity index (χ0n) is 13.0. The molecule has 3 N–H and O–H groups in total. The number of nitrogens with one attached hydrogen (secondary N) is 2. The van der Waals surface area contributed by atoms with E-state index in [1.165, 1.54) is 6.07 Å². The van der Waals surface area contributed by atoms with Gasteiger partial charge in [0.05, 0.1) is 12.6 Å². The Bertz CT molecular complexity index is 634. The molecule has 1 heterocycles. The van der Waals surface area contributed by atoms with Crippen LogP contribution in [0.5, 0.6) is 0 Å². The second-order valence-corrected chi connectivity index (χ2v) is 4.96. The predicted molar refractivity (Wildman–Crippen MR) is 88.4 cm³/mol. The summed E-state index contributed by atoms with van der Waals surface area (Å²) in [6.45, 7) is 3.15. The molecule has 1 aromatic heterocycles. The van der Waals surface area contributed by atoms with Gasteiger partial charge in [-0.05, 0) is 30.7 Å². The molecular weight excluding hydrogens is 295 g/mol. The maximum atomic E-state index is 13.6. The molecule has 0 bridgehead atoms. The van der Waals surface area contributed by atoms with Gasteiger partial charge in [-0.2, -0.15) is 0 Å². The van der Waals surface area contributed by atoms with Crippen LogP contribution in [0.1, 0.15) is 24.2 Å². The average Bonchev–Trinajstić information content (AvgIpc) is 2.59. The van der Waals surface area contributed by atoms with E-state index in [1.807, 2.05) is 6.92 Å². The molecule has 0 spiro atoms. The van der Waals surface area contributed by atoms with Crippen molar-refractivity contribution >= 4 is 5.96 Å². The van der Waals surface area contributed by atoms with E-state index in [-0.39, 0.29) is 12.4 Å². The van der Waals surface area contributed by atoms with Crippen LogP contribution in [0, 0.1) is 5.82 Å². The van der Waals surface area contributed by atoms with Gasteiger partial charge in [-0.1, -0.05) is 18.2 Å². The zero-order valence-corrected chi connectivity index (χ0v) is 13.0. The number of halogens is 1. The van der Waals surface area contributed by atoms with Crippen LogP contribution in [-0.2, 0) is 6.54 Å². The van der Waals surface area contributed by atoms with Crippen molar-refractivity contribution in [1.29, 1.82) is 0 Å². The van der Waals surface area contributed by atoms with Crippen LogP contribution in [0.4, 0.5) is 4.39 Å². The SMILES string of the molecule is CCNC(=NCc1ccccc1F)NCC(O)c1ccncc1. The molecule has 0 saturated heterocycles. The van der Waals surface area contributed by atoms with E-state index >= 15 is 0 Å². The molecule has 122 valence electrons. The zero-order chi connectivity index (χ0) is 16.5. The topological polar surface area (TPSA) is 69.5 Å². The van der Waals surface area contributed by atoms with Crippen molar-refractivity contribution in [1.82, 2.24) is 15.6 Å². The highest BCUT2D eigenvalue weighted by molar-refractivity contribution is 5.79. The standard InChI is InChI=1S/C17H21FN4O/c1-2-20-17(21-11-14-5-3-4-6-15(14)18)22-12-16(23)13-7-9-19-10-8-13/h3-10,16,23H,2,11-12H2,1H3,(H2,20,21,22). The van der Waals surface area contributed by atoms with Crippen LogP contribution in [0.25, 0.3) is 0 Å². The minimum atomic E-state index is -0.671. The lowest BCUT2D eigenvalue weighted by Gasteiger charge is -2.15. The summed E-state index contributed by atoms with van der Waals surface area (Å²) in [6.07, 6.45) is 2.60. The van der Waals surface area contributed by atoms with E-state index < -0.39 is 6.10 Å². The van der Waals surface area contributed by atoms with Crippen LogP contribution in [0.3, 0.4) is 0 Å². The van der Waals surface area contributed by atoms with Gasteiger partial charge in [0.1, 0.15) is 5.82 Å². The minimum absolute atomic E-state index is 0.230. The number of aliphatic imine (C=N–C) groups is 1. The van der Waals surface area contributed by atoms with Crippen LogP contribution >= 0.6 is 0 Å². The van der Waals surface area contributed by atoms with Gasteiger partial charge in [0.2, 0.25) is 0 Å². The molecule has 0 aliphatic carbocycles. The van der Waals surface area contributed by atoms with E-state index in [1.54, 1.807) is 42.7 Å². The van der Waals surface area contributed by atoms with Gasteiger partial charge in [-0.15, -0.1) is 0 Å². The summed E-state index contributed by atoms with van der Waals surface area (Å²) in [7, 11) is 0. The first-order valence-corrected chi connectivity index (χ1v) is 7.54.